The van der Waals surface area contributed by atoms with Crippen molar-refractivity contribution in [1.82, 2.24) is 5.32 Å². The van der Waals surface area contributed by atoms with Crippen molar-refractivity contribution >= 4 is 34.8 Å². The summed E-state index contributed by atoms with van der Waals surface area (Å²) in [5.41, 5.74) is 0.954. The number of halogens is 5. The Morgan fingerprint density at radius 1 is 0.939 bits per heavy atom. The van der Waals surface area contributed by atoms with Crippen LogP contribution in [0.25, 0.3) is 0 Å². The summed E-state index contributed by atoms with van der Waals surface area (Å²) < 4.78 is 40.8. The molecule has 0 bridgehead atoms. The normalized spacial score (nSPS) is 20.7. The first-order valence-electron chi connectivity index (χ1n) is 10.5. The first kappa shape index (κ1) is 24.4. The first-order valence-corrected chi connectivity index (χ1v) is 11.6. The van der Waals surface area contributed by atoms with Crippen LogP contribution in [0.3, 0.4) is 0 Å². The van der Waals surface area contributed by atoms with Gasteiger partial charge in [0.1, 0.15) is 11.7 Å². The molecule has 1 N–H and O–H groups in total. The molecule has 0 spiro atoms. The Morgan fingerprint density at radius 3 is 2.48 bits per heavy atom. The van der Waals surface area contributed by atoms with Gasteiger partial charge in [-0.1, -0.05) is 65.1 Å². The summed E-state index contributed by atoms with van der Waals surface area (Å²) in [5, 5.41) is 4.84. The van der Waals surface area contributed by atoms with E-state index in [4.69, 9.17) is 44.3 Å². The number of ether oxygens (including phenoxy) is 2. The Hall–Kier alpha value is -1.73. The van der Waals surface area contributed by atoms with Gasteiger partial charge in [-0.25, -0.2) is 8.78 Å². The second-order valence-electron chi connectivity index (χ2n) is 7.90. The monoisotopic (exact) mass is 511 g/mol. The Morgan fingerprint density at radius 2 is 1.73 bits per heavy atom. The summed E-state index contributed by atoms with van der Waals surface area (Å²) in [6.07, 6.45) is 0.149. The molecule has 3 aromatic carbocycles. The zero-order valence-corrected chi connectivity index (χ0v) is 19.9. The lowest BCUT2D eigenvalue weighted by atomic mass is 9.82. The van der Waals surface area contributed by atoms with Gasteiger partial charge in [-0.05, 0) is 54.4 Å². The third-order valence-electron chi connectivity index (χ3n) is 5.81. The lowest BCUT2D eigenvalue weighted by Gasteiger charge is -2.44. The van der Waals surface area contributed by atoms with E-state index in [1.807, 2.05) is 18.2 Å². The SMILES string of the molecule is Fc1cccc(COC2(c3ccc(Cl)cc3)CCNCC2OCc2ccc(Cl)c(Cl)c2)c1F. The van der Waals surface area contributed by atoms with Crippen LogP contribution in [0.2, 0.25) is 15.1 Å². The van der Waals surface area contributed by atoms with Crippen LogP contribution in [0.4, 0.5) is 8.78 Å². The largest absolute Gasteiger partial charge is 0.369 e. The molecule has 4 rings (SSSR count). The Balaban J connectivity index is 1.63. The average Bonchev–Trinajstić information content (AvgIpc) is 2.82. The van der Waals surface area contributed by atoms with Crippen LogP contribution >= 0.6 is 34.8 Å². The lowest BCUT2D eigenvalue weighted by Crippen LogP contribution is -2.54. The Kier molecular flexibility index (Phi) is 7.90. The summed E-state index contributed by atoms with van der Waals surface area (Å²) >= 11 is 18.3. The highest BCUT2D eigenvalue weighted by molar-refractivity contribution is 6.42. The molecule has 174 valence electrons. The summed E-state index contributed by atoms with van der Waals surface area (Å²) in [4.78, 5) is 0. The van der Waals surface area contributed by atoms with Gasteiger partial charge in [0, 0.05) is 17.1 Å². The summed E-state index contributed by atoms with van der Waals surface area (Å²) in [7, 11) is 0. The molecule has 1 aliphatic rings. The predicted octanol–water partition coefficient (Wildman–Crippen LogP) is 6.92. The molecule has 0 aromatic heterocycles. The van der Waals surface area contributed by atoms with Gasteiger partial charge in [0.15, 0.2) is 11.6 Å². The van der Waals surface area contributed by atoms with Crippen LogP contribution in [0, 0.1) is 11.6 Å². The smallest absolute Gasteiger partial charge is 0.164 e. The molecule has 0 saturated carbocycles. The zero-order valence-electron chi connectivity index (χ0n) is 17.6. The number of hydrogen-bond acceptors (Lipinski definition) is 3. The van der Waals surface area contributed by atoms with Gasteiger partial charge in [-0.2, -0.15) is 0 Å². The molecule has 3 aromatic rings. The molecule has 1 fully saturated rings. The van der Waals surface area contributed by atoms with Gasteiger partial charge in [0.25, 0.3) is 0 Å². The molecule has 1 aliphatic heterocycles. The van der Waals surface area contributed by atoms with Crippen molar-refractivity contribution in [2.45, 2.75) is 31.3 Å². The van der Waals surface area contributed by atoms with E-state index in [-0.39, 0.29) is 18.8 Å². The predicted molar refractivity (Wildman–Crippen MR) is 127 cm³/mol. The van der Waals surface area contributed by atoms with Crippen LogP contribution in [0.1, 0.15) is 23.1 Å². The van der Waals surface area contributed by atoms with Gasteiger partial charge in [-0.3, -0.25) is 0 Å². The van der Waals surface area contributed by atoms with Crippen LogP contribution in [-0.2, 0) is 28.3 Å². The highest BCUT2D eigenvalue weighted by Crippen LogP contribution is 2.39. The highest BCUT2D eigenvalue weighted by atomic mass is 35.5. The van der Waals surface area contributed by atoms with E-state index >= 15 is 0 Å². The van der Waals surface area contributed by atoms with Crippen LogP contribution in [-0.4, -0.2) is 19.2 Å². The molecule has 1 saturated heterocycles. The molecular weight excluding hydrogens is 491 g/mol. The number of hydrogen-bond donors (Lipinski definition) is 1. The molecular formula is C25H22Cl3F2NO2. The number of nitrogens with one attached hydrogen (secondary N) is 1. The summed E-state index contributed by atoms with van der Waals surface area (Å²) in [6.45, 7) is 1.34. The molecule has 2 unspecified atom stereocenters. The van der Waals surface area contributed by atoms with Crippen molar-refractivity contribution in [3.63, 3.8) is 0 Å². The van der Waals surface area contributed by atoms with Crippen LogP contribution in [0.5, 0.6) is 0 Å². The second-order valence-corrected chi connectivity index (χ2v) is 9.15. The molecule has 3 nitrogen and oxygen atoms in total. The van der Waals surface area contributed by atoms with Gasteiger partial charge >= 0.3 is 0 Å². The van der Waals surface area contributed by atoms with Gasteiger partial charge < -0.3 is 14.8 Å². The van der Waals surface area contributed by atoms with Gasteiger partial charge in [0.05, 0.1) is 23.3 Å². The maximum absolute atomic E-state index is 14.3. The van der Waals surface area contributed by atoms with E-state index in [9.17, 15) is 8.78 Å². The molecule has 1 heterocycles. The third-order valence-corrected chi connectivity index (χ3v) is 6.80. The minimum atomic E-state index is -0.911. The third kappa shape index (κ3) is 5.51. The Bertz CT molecular complexity index is 1110. The fraction of sp³-hybridized carbons (Fsp3) is 0.280. The minimum absolute atomic E-state index is 0.112. The number of rotatable bonds is 7. The second kappa shape index (κ2) is 10.7. The van der Waals surface area contributed by atoms with Gasteiger partial charge in [0.2, 0.25) is 0 Å². The van der Waals surface area contributed by atoms with E-state index in [0.29, 0.717) is 34.6 Å². The topological polar surface area (TPSA) is 30.5 Å². The maximum Gasteiger partial charge on any atom is 0.164 e. The first-order chi connectivity index (χ1) is 15.9. The van der Waals surface area contributed by atoms with Crippen LogP contribution < -0.4 is 5.32 Å². The standard InChI is InChI=1S/C25H22Cl3F2NO2/c26-19-7-5-18(6-8-19)25(33-15-17-2-1-3-22(29)24(17)30)10-11-31-13-23(25)32-14-16-4-9-20(27)21(28)12-16/h1-9,12,23,31H,10-11,13-15H2. The molecule has 33 heavy (non-hydrogen) atoms. The molecule has 8 heteroatoms. The molecule has 0 amide bonds. The fourth-order valence-electron chi connectivity index (χ4n) is 4.03. The zero-order chi connectivity index (χ0) is 23.4. The fourth-order valence-corrected chi connectivity index (χ4v) is 4.48. The van der Waals surface area contributed by atoms with Gasteiger partial charge in [-0.15, -0.1) is 0 Å². The average molecular weight is 513 g/mol. The van der Waals surface area contributed by atoms with E-state index in [2.05, 4.69) is 5.32 Å². The molecule has 0 aliphatic carbocycles. The van der Waals surface area contributed by atoms with Crippen molar-refractivity contribution in [2.75, 3.05) is 13.1 Å². The summed E-state index contributed by atoms with van der Waals surface area (Å²) in [6, 6.07) is 16.7. The van der Waals surface area contributed by atoms with Crippen molar-refractivity contribution in [3.05, 3.63) is 104 Å². The van der Waals surface area contributed by atoms with Crippen LogP contribution in [0.15, 0.2) is 60.7 Å². The van der Waals surface area contributed by atoms with Crippen molar-refractivity contribution < 1.29 is 18.3 Å². The van der Waals surface area contributed by atoms with Crippen molar-refractivity contribution in [2.24, 2.45) is 0 Å². The van der Waals surface area contributed by atoms with E-state index < -0.39 is 23.3 Å². The van der Waals surface area contributed by atoms with Crippen molar-refractivity contribution in [3.8, 4) is 0 Å². The number of benzene rings is 3. The summed E-state index contributed by atoms with van der Waals surface area (Å²) in [5.74, 6) is -1.82. The van der Waals surface area contributed by atoms with E-state index in [1.165, 1.54) is 12.1 Å². The molecule has 2 atom stereocenters. The lowest BCUT2D eigenvalue weighted by molar-refractivity contribution is -0.177. The quantitative estimate of drug-likeness (QED) is 0.373. The maximum atomic E-state index is 14.3. The minimum Gasteiger partial charge on any atom is -0.369 e. The van der Waals surface area contributed by atoms with E-state index in [1.54, 1.807) is 24.3 Å². The van der Waals surface area contributed by atoms with E-state index in [0.717, 1.165) is 17.2 Å². The van der Waals surface area contributed by atoms with Crippen molar-refractivity contribution in [1.29, 1.82) is 0 Å². The Labute approximate surface area is 206 Å². The number of piperidine rings is 1. The highest BCUT2D eigenvalue weighted by Gasteiger charge is 2.44. The molecule has 0 radical (unpaired) electrons.